The minimum atomic E-state index is -2.54. The highest BCUT2D eigenvalue weighted by molar-refractivity contribution is 5.97. The second kappa shape index (κ2) is 22.1. The molecule has 2 saturated carbocycles. The zero-order valence-electron chi connectivity index (χ0n) is 43.4. The Hall–Kier alpha value is -7.29. The molecule has 2 bridgehead atoms. The lowest BCUT2D eigenvalue weighted by Crippen LogP contribution is -2.82. The minimum absolute atomic E-state index is 0.00811. The number of carbonyl (C=O) groups is 9. The number of hydrogen-bond donors (Lipinski definition) is 5. The van der Waals surface area contributed by atoms with Crippen molar-refractivity contribution in [2.24, 2.45) is 22.7 Å². The molecule has 1 saturated heterocycles. The van der Waals surface area contributed by atoms with Crippen LogP contribution in [0, 0.1) is 22.7 Å². The first-order chi connectivity index (χ1) is 35.8. The number of aliphatic carboxylic acids is 1. The summed E-state index contributed by atoms with van der Waals surface area (Å²) in [7, 11) is 0. The van der Waals surface area contributed by atoms with Gasteiger partial charge in [0.1, 0.15) is 36.0 Å². The van der Waals surface area contributed by atoms with Crippen LogP contribution in [0.2, 0.25) is 0 Å². The Morgan fingerprint density at radius 1 is 0.776 bits per heavy atom. The van der Waals surface area contributed by atoms with Crippen LogP contribution in [0.15, 0.2) is 102 Å². The number of aliphatic hydroxyl groups is 2. The van der Waals surface area contributed by atoms with Crippen molar-refractivity contribution in [2.45, 2.75) is 141 Å². The van der Waals surface area contributed by atoms with Gasteiger partial charge in [-0.25, -0.2) is 14.4 Å². The van der Waals surface area contributed by atoms with E-state index >= 15 is 9.59 Å². The molecule has 3 aliphatic carbocycles. The summed E-state index contributed by atoms with van der Waals surface area (Å²) in [5, 5.41) is 40.8. The van der Waals surface area contributed by atoms with Gasteiger partial charge >= 0.3 is 35.8 Å². The predicted octanol–water partition coefficient (Wildman–Crippen LogP) is 4.29. The molecule has 20 heteroatoms. The maximum absolute atomic E-state index is 15.8. The molecule has 12 atom stereocenters. The Kier molecular flexibility index (Phi) is 16.4. The van der Waals surface area contributed by atoms with Crippen LogP contribution in [0.5, 0.6) is 0 Å². The molecule has 0 radical (unpaired) electrons. The Bertz CT molecular complexity index is 2780. The Morgan fingerprint density at radius 3 is 1.91 bits per heavy atom. The van der Waals surface area contributed by atoms with Gasteiger partial charge in [-0.2, -0.15) is 0 Å². The monoisotopic (exact) mass is 1050 g/mol. The topological polar surface area (TPSA) is 294 Å². The summed E-state index contributed by atoms with van der Waals surface area (Å²) in [4.78, 5) is 125. The van der Waals surface area contributed by atoms with Gasteiger partial charge in [0.15, 0.2) is 17.5 Å². The first-order valence-corrected chi connectivity index (χ1v) is 25.0. The van der Waals surface area contributed by atoms with E-state index in [9.17, 15) is 48.9 Å². The molecule has 7 rings (SSSR count). The Labute approximate surface area is 438 Å². The molecule has 4 aliphatic rings. The fourth-order valence-corrected chi connectivity index (χ4v) is 11.4. The van der Waals surface area contributed by atoms with Crippen LogP contribution in [0.4, 0.5) is 0 Å². The smallest absolute Gasteiger partial charge is 0.350 e. The summed E-state index contributed by atoms with van der Waals surface area (Å²) in [5.74, 6) is -11.4. The Balaban J connectivity index is 1.42. The van der Waals surface area contributed by atoms with Crippen molar-refractivity contribution in [3.63, 3.8) is 0 Å². The van der Waals surface area contributed by atoms with Gasteiger partial charge in [-0.3, -0.25) is 28.8 Å². The van der Waals surface area contributed by atoms with E-state index in [2.05, 4.69) is 10.6 Å². The van der Waals surface area contributed by atoms with Crippen molar-refractivity contribution in [3.8, 4) is 0 Å². The zero-order valence-corrected chi connectivity index (χ0v) is 43.4. The number of nitrogens with one attached hydrogen (secondary N) is 2. The average Bonchev–Trinajstić information content (AvgIpc) is 3.38. The number of ketones is 1. The lowest BCUT2D eigenvalue weighted by Gasteiger charge is -2.67. The normalized spacial score (nSPS) is 28.4. The molecular weight excluding hydrogens is 989 g/mol. The second-order valence-electron chi connectivity index (χ2n) is 20.9. The lowest BCUT2D eigenvalue weighted by atomic mass is 9.44. The van der Waals surface area contributed by atoms with E-state index in [0.29, 0.717) is 0 Å². The molecular formula is C56H64N2O18. The molecule has 20 nitrogen and oxygen atoms in total. The summed E-state index contributed by atoms with van der Waals surface area (Å²) >= 11 is 0. The van der Waals surface area contributed by atoms with Crippen LogP contribution in [0.3, 0.4) is 0 Å². The molecule has 1 aliphatic heterocycles. The number of aliphatic hydroxyl groups excluding tert-OH is 1. The number of benzene rings is 3. The molecule has 5 N–H and O–H groups in total. The van der Waals surface area contributed by atoms with Gasteiger partial charge in [-0.15, -0.1) is 0 Å². The maximum Gasteiger partial charge on any atom is 0.350 e. The number of amides is 2. The van der Waals surface area contributed by atoms with E-state index in [1.54, 1.807) is 80.6 Å². The van der Waals surface area contributed by atoms with Crippen LogP contribution in [-0.2, 0) is 62.0 Å². The van der Waals surface area contributed by atoms with Crippen LogP contribution in [0.25, 0.3) is 0 Å². The van der Waals surface area contributed by atoms with Gasteiger partial charge in [-0.1, -0.05) is 94.4 Å². The third-order valence-electron chi connectivity index (χ3n) is 15.5. The van der Waals surface area contributed by atoms with Gasteiger partial charge in [0.2, 0.25) is 12.0 Å². The number of ether oxygens (including phenoxy) is 6. The van der Waals surface area contributed by atoms with Gasteiger partial charge in [-0.05, 0) is 60.7 Å². The first-order valence-electron chi connectivity index (χ1n) is 25.0. The van der Waals surface area contributed by atoms with Crippen molar-refractivity contribution in [3.05, 3.63) is 119 Å². The minimum Gasteiger partial charge on any atom is -0.481 e. The molecule has 0 aromatic heterocycles. The van der Waals surface area contributed by atoms with Crippen molar-refractivity contribution in [1.29, 1.82) is 0 Å². The van der Waals surface area contributed by atoms with Gasteiger partial charge in [0.25, 0.3) is 5.91 Å². The van der Waals surface area contributed by atoms with Crippen molar-refractivity contribution >= 4 is 53.4 Å². The summed E-state index contributed by atoms with van der Waals surface area (Å²) < 4.78 is 36.9. The average molecular weight is 1050 g/mol. The highest BCUT2D eigenvalue weighted by atomic mass is 16.6. The SMILES string of the molecule is CC(=O)O[C@H]1C(=O)[C@]2(C)C(C(OC(=O)c3ccccc3)[C@@]3(O)CC(OC(=O)C(OC(=O)[C@@H](NC(=O)CCC(=O)O)C(C)C)[C@@H](NC(=O)c4ccccc4)c4ccccc4)C(C)=C1C3(C)C)[C@@]1(OC(C)=O)CO[C@H]1C[C@H]2O. The van der Waals surface area contributed by atoms with Crippen molar-refractivity contribution < 1.29 is 86.9 Å². The number of fused-ring (bicyclic) bond motifs is 5. The van der Waals surface area contributed by atoms with Gasteiger partial charge in [0.05, 0.1) is 36.0 Å². The summed E-state index contributed by atoms with van der Waals surface area (Å²) in [6, 6.07) is 20.5. The zero-order chi connectivity index (χ0) is 55.7. The first kappa shape index (κ1) is 56.4. The van der Waals surface area contributed by atoms with Crippen molar-refractivity contribution in [2.75, 3.05) is 6.61 Å². The molecule has 0 spiro atoms. The molecule has 406 valence electrons. The number of rotatable bonds is 17. The molecule has 3 aromatic rings. The number of carbonyl (C=O) groups excluding carboxylic acids is 8. The summed E-state index contributed by atoms with van der Waals surface area (Å²) in [6.07, 6.45) is -12.4. The third-order valence-corrected chi connectivity index (χ3v) is 15.5. The molecule has 76 heavy (non-hydrogen) atoms. The second-order valence-corrected chi connectivity index (χ2v) is 20.9. The summed E-state index contributed by atoms with van der Waals surface area (Å²) in [6.45, 7) is 10.8. The number of esters is 5. The van der Waals surface area contributed by atoms with Crippen LogP contribution in [-0.4, -0.2) is 129 Å². The number of carboxylic acids is 1. The molecule has 3 aromatic carbocycles. The fraction of sp³-hybridized carbons (Fsp3) is 0.482. The number of Topliss-reactive ketones (excluding diaryl/α,β-unsaturated/α-hetero) is 1. The van der Waals surface area contributed by atoms with Crippen molar-refractivity contribution in [1.82, 2.24) is 10.6 Å². The van der Waals surface area contributed by atoms with E-state index in [1.165, 1.54) is 52.0 Å². The van der Waals surface area contributed by atoms with Gasteiger partial charge in [0, 0.05) is 44.1 Å². The molecule has 3 fully saturated rings. The highest BCUT2D eigenvalue weighted by Crippen LogP contribution is 2.64. The Morgan fingerprint density at radius 2 is 1.37 bits per heavy atom. The predicted molar refractivity (Wildman–Crippen MR) is 265 cm³/mol. The number of hydrogen-bond acceptors (Lipinski definition) is 17. The van der Waals surface area contributed by atoms with Crippen LogP contribution in [0.1, 0.15) is 113 Å². The van der Waals surface area contributed by atoms with E-state index in [4.69, 9.17) is 28.4 Å². The van der Waals surface area contributed by atoms with E-state index in [-0.39, 0.29) is 40.9 Å². The molecule has 2 amide bonds. The standard InChI is InChI=1S/C56H64N2O18/c1-29(2)42(57-39(62)24-25-40(63)64)51(68)74-45(43(33-18-12-9-13-19-33)58-49(66)34-20-14-10-15-21-34)52(69)73-36-27-56(70)48(75-50(67)35-22-16-11-17-23-35)46-54(8,37(61)26-38-55(46,28-71-38)76-32(5)60)47(65)44(72-31(4)59)41(30(36)3)53(56,6)7/h9-23,29,36-38,42-46,48,61,70H,24-28H2,1-8H3,(H,57,62)(H,58,66)(H,63,64)/t36?,37-,38+,42+,43+,44-,45?,46?,48?,54+,55-,56+/m1/s1. The lowest BCUT2D eigenvalue weighted by molar-refractivity contribution is -0.346. The highest BCUT2D eigenvalue weighted by Gasteiger charge is 2.78. The fourth-order valence-electron chi connectivity index (χ4n) is 11.4. The number of carboxylic acid groups (broad SMARTS) is 1. The third kappa shape index (κ3) is 10.6. The van der Waals surface area contributed by atoms with E-state index < -0.39 is 155 Å². The maximum atomic E-state index is 15.8. The van der Waals surface area contributed by atoms with E-state index in [1.807, 2.05) is 0 Å². The van der Waals surface area contributed by atoms with Crippen LogP contribution < -0.4 is 10.6 Å². The molecule has 1 heterocycles. The van der Waals surface area contributed by atoms with Crippen LogP contribution >= 0.6 is 0 Å². The quantitative estimate of drug-likeness (QED) is 0.0716. The van der Waals surface area contributed by atoms with E-state index in [0.717, 1.165) is 13.8 Å². The largest absolute Gasteiger partial charge is 0.481 e. The summed E-state index contributed by atoms with van der Waals surface area (Å²) in [5.41, 5.74) is -8.01. The molecule has 4 unspecified atom stereocenters. The van der Waals surface area contributed by atoms with Gasteiger partial charge < -0.3 is 54.4 Å².